The van der Waals surface area contributed by atoms with Gasteiger partial charge in [-0.1, -0.05) is 46.5 Å². The molecule has 2 saturated carbocycles. The van der Waals surface area contributed by atoms with Crippen LogP contribution in [0.2, 0.25) is 0 Å². The molecular weight excluding hydrogens is 208 g/mol. The summed E-state index contributed by atoms with van der Waals surface area (Å²) < 4.78 is 0. The Kier molecular flexibility index (Phi) is 3.95. The van der Waals surface area contributed by atoms with E-state index in [4.69, 9.17) is 0 Å². The van der Waals surface area contributed by atoms with Gasteiger partial charge in [-0.3, -0.25) is 4.79 Å². The minimum atomic E-state index is 0.274. The molecule has 0 radical (unpaired) electrons. The van der Waals surface area contributed by atoms with Crippen LogP contribution >= 0.6 is 0 Å². The van der Waals surface area contributed by atoms with E-state index in [1.165, 1.54) is 44.9 Å². The number of hydrogen-bond donors (Lipinski definition) is 0. The first-order valence-corrected chi connectivity index (χ1v) is 7.58. The molecule has 2 fully saturated rings. The first kappa shape index (κ1) is 13.1. The maximum absolute atomic E-state index is 12.7. The highest BCUT2D eigenvalue weighted by Gasteiger charge is 2.42. The first-order valence-electron chi connectivity index (χ1n) is 7.58. The first-order chi connectivity index (χ1) is 8.04. The molecule has 0 bridgehead atoms. The molecule has 98 valence electrons. The average Bonchev–Trinajstić information content (AvgIpc) is 2.68. The lowest BCUT2D eigenvalue weighted by molar-refractivity contribution is -0.131. The Labute approximate surface area is 106 Å². The predicted octanol–water partition coefficient (Wildman–Crippen LogP) is 4.60. The van der Waals surface area contributed by atoms with Gasteiger partial charge in [-0.05, 0) is 37.0 Å². The van der Waals surface area contributed by atoms with Crippen LogP contribution in [0.25, 0.3) is 0 Å². The van der Waals surface area contributed by atoms with E-state index in [0.29, 0.717) is 17.6 Å². The highest BCUT2D eigenvalue weighted by Crippen LogP contribution is 2.46. The Balaban J connectivity index is 1.99. The Morgan fingerprint density at radius 1 is 1.18 bits per heavy atom. The summed E-state index contributed by atoms with van der Waals surface area (Å²) in [5.74, 6) is 2.20. The van der Waals surface area contributed by atoms with Gasteiger partial charge in [0, 0.05) is 11.8 Å². The van der Waals surface area contributed by atoms with Crippen molar-refractivity contribution in [3.63, 3.8) is 0 Å². The summed E-state index contributed by atoms with van der Waals surface area (Å²) in [4.78, 5) is 12.7. The summed E-state index contributed by atoms with van der Waals surface area (Å²) in [6.07, 6.45) is 9.90. The van der Waals surface area contributed by atoms with Gasteiger partial charge in [0.05, 0.1) is 0 Å². The van der Waals surface area contributed by atoms with E-state index >= 15 is 0 Å². The number of hydrogen-bond acceptors (Lipinski definition) is 1. The maximum Gasteiger partial charge on any atom is 0.139 e. The molecule has 3 atom stereocenters. The van der Waals surface area contributed by atoms with Gasteiger partial charge in [0.1, 0.15) is 5.78 Å². The van der Waals surface area contributed by atoms with Crippen LogP contribution in [-0.2, 0) is 4.79 Å². The van der Waals surface area contributed by atoms with Gasteiger partial charge in [0.25, 0.3) is 0 Å². The van der Waals surface area contributed by atoms with Crippen LogP contribution < -0.4 is 0 Å². The molecule has 1 heteroatoms. The molecule has 0 spiro atoms. The summed E-state index contributed by atoms with van der Waals surface area (Å²) in [5, 5.41) is 0. The van der Waals surface area contributed by atoms with E-state index in [-0.39, 0.29) is 5.41 Å². The monoisotopic (exact) mass is 236 g/mol. The van der Waals surface area contributed by atoms with Gasteiger partial charge in [-0.15, -0.1) is 0 Å². The predicted molar refractivity (Wildman–Crippen MR) is 71.9 cm³/mol. The Morgan fingerprint density at radius 2 is 1.94 bits per heavy atom. The minimum Gasteiger partial charge on any atom is -0.299 e. The summed E-state index contributed by atoms with van der Waals surface area (Å²) in [5.41, 5.74) is 0.274. The average molecular weight is 236 g/mol. The number of Topliss-reactive ketones (excluding diaryl/α,β-unsaturated/α-hetero) is 1. The Hall–Kier alpha value is -0.330. The van der Waals surface area contributed by atoms with Crippen molar-refractivity contribution >= 4 is 5.78 Å². The van der Waals surface area contributed by atoms with Gasteiger partial charge < -0.3 is 0 Å². The molecule has 2 rings (SSSR count). The van der Waals surface area contributed by atoms with Gasteiger partial charge in [0.2, 0.25) is 0 Å². The summed E-state index contributed by atoms with van der Waals surface area (Å²) >= 11 is 0. The van der Waals surface area contributed by atoms with E-state index < -0.39 is 0 Å². The van der Waals surface area contributed by atoms with Gasteiger partial charge in [-0.25, -0.2) is 0 Å². The zero-order valence-electron chi connectivity index (χ0n) is 11.8. The number of carbonyl (C=O) groups is 1. The Morgan fingerprint density at radius 3 is 2.53 bits per heavy atom. The van der Waals surface area contributed by atoms with E-state index in [0.717, 1.165) is 12.3 Å². The van der Waals surface area contributed by atoms with Crippen LogP contribution in [0, 0.1) is 23.2 Å². The fourth-order valence-corrected chi connectivity index (χ4v) is 4.06. The molecule has 2 aliphatic rings. The molecule has 3 unspecified atom stereocenters. The third-order valence-corrected chi connectivity index (χ3v) is 5.36. The van der Waals surface area contributed by atoms with Crippen molar-refractivity contribution in [1.29, 1.82) is 0 Å². The van der Waals surface area contributed by atoms with Crippen molar-refractivity contribution in [2.24, 2.45) is 23.2 Å². The van der Waals surface area contributed by atoms with Crippen LogP contribution in [0.3, 0.4) is 0 Å². The molecule has 1 nitrogen and oxygen atoms in total. The fraction of sp³-hybridized carbons (Fsp3) is 0.938. The molecule has 0 saturated heterocycles. The van der Waals surface area contributed by atoms with Crippen molar-refractivity contribution in [3.8, 4) is 0 Å². The lowest BCUT2D eigenvalue weighted by Gasteiger charge is -2.33. The normalized spacial score (nSPS) is 37.0. The summed E-state index contributed by atoms with van der Waals surface area (Å²) in [6.45, 7) is 6.86. The molecule has 0 aromatic rings. The van der Waals surface area contributed by atoms with Gasteiger partial charge >= 0.3 is 0 Å². The maximum atomic E-state index is 12.7. The number of carbonyl (C=O) groups excluding carboxylic acids is 1. The molecule has 0 aliphatic heterocycles. The molecular formula is C16H28O. The zero-order valence-corrected chi connectivity index (χ0v) is 11.8. The molecule has 0 heterocycles. The van der Waals surface area contributed by atoms with Crippen molar-refractivity contribution in [3.05, 3.63) is 0 Å². The van der Waals surface area contributed by atoms with Crippen LogP contribution in [0.4, 0.5) is 0 Å². The zero-order chi connectivity index (χ0) is 12.5. The smallest absolute Gasteiger partial charge is 0.139 e. The molecule has 2 aliphatic carbocycles. The van der Waals surface area contributed by atoms with Crippen molar-refractivity contribution in [2.45, 2.75) is 72.1 Å². The lowest BCUT2D eigenvalue weighted by atomic mass is 9.70. The van der Waals surface area contributed by atoms with Gasteiger partial charge in [-0.2, -0.15) is 0 Å². The second kappa shape index (κ2) is 5.12. The second-order valence-corrected chi connectivity index (χ2v) is 6.97. The molecule has 0 aromatic carbocycles. The van der Waals surface area contributed by atoms with Crippen molar-refractivity contribution in [2.75, 3.05) is 0 Å². The molecule has 0 N–H and O–H groups in total. The summed E-state index contributed by atoms with van der Waals surface area (Å²) in [6, 6.07) is 0. The topological polar surface area (TPSA) is 17.1 Å². The van der Waals surface area contributed by atoms with E-state index in [1.807, 2.05) is 0 Å². The van der Waals surface area contributed by atoms with E-state index in [1.54, 1.807) is 0 Å². The fourth-order valence-electron chi connectivity index (χ4n) is 4.06. The SMILES string of the molecule is CCC1CCCC(C(=O)C2CCCC2(C)C)C1. The Bertz CT molecular complexity index is 279. The quantitative estimate of drug-likeness (QED) is 0.700. The van der Waals surface area contributed by atoms with Crippen molar-refractivity contribution in [1.82, 2.24) is 0 Å². The molecule has 17 heavy (non-hydrogen) atoms. The van der Waals surface area contributed by atoms with E-state index in [9.17, 15) is 4.79 Å². The standard InChI is InChI=1S/C16H28O/c1-4-12-7-5-8-13(11-12)15(17)14-9-6-10-16(14,2)3/h12-14H,4-11H2,1-3H3. The molecule has 0 amide bonds. The van der Waals surface area contributed by atoms with Crippen molar-refractivity contribution < 1.29 is 4.79 Å². The highest BCUT2D eigenvalue weighted by atomic mass is 16.1. The highest BCUT2D eigenvalue weighted by molar-refractivity contribution is 5.84. The van der Waals surface area contributed by atoms with Crippen LogP contribution in [-0.4, -0.2) is 5.78 Å². The number of ketones is 1. The minimum absolute atomic E-state index is 0.274. The van der Waals surface area contributed by atoms with Crippen LogP contribution in [0.5, 0.6) is 0 Å². The lowest BCUT2D eigenvalue weighted by Crippen LogP contribution is -2.33. The third kappa shape index (κ3) is 2.74. The number of rotatable bonds is 3. The summed E-state index contributed by atoms with van der Waals surface area (Å²) in [7, 11) is 0. The van der Waals surface area contributed by atoms with Crippen LogP contribution in [0.15, 0.2) is 0 Å². The molecule has 0 aromatic heterocycles. The third-order valence-electron chi connectivity index (χ3n) is 5.36. The van der Waals surface area contributed by atoms with Gasteiger partial charge in [0.15, 0.2) is 0 Å². The van der Waals surface area contributed by atoms with E-state index in [2.05, 4.69) is 20.8 Å². The second-order valence-electron chi connectivity index (χ2n) is 6.97. The van der Waals surface area contributed by atoms with Crippen LogP contribution in [0.1, 0.15) is 72.1 Å². The largest absolute Gasteiger partial charge is 0.299 e.